The van der Waals surface area contributed by atoms with Gasteiger partial charge in [0.05, 0.1) is 0 Å². The molecule has 2 N–H and O–H groups in total. The molecule has 1 aromatic rings. The average molecular weight is 287 g/mol. The summed E-state index contributed by atoms with van der Waals surface area (Å²) < 4.78 is 0. The van der Waals surface area contributed by atoms with E-state index in [1.807, 2.05) is 0 Å². The molecule has 0 radical (unpaired) electrons. The number of rotatable bonds is 4. The molecular weight excluding hydrogens is 258 g/mol. The standard InChI is InChI=1S/C18H29N3/c1-15-5-7-16(8-6-15)18(19)9-13-20-10-3-12-21-11-2-4-17(21)14-20/h5-8,17-18H,2-4,9-14,19H2,1H3. The molecule has 3 heteroatoms. The van der Waals surface area contributed by atoms with Crippen LogP contribution in [0.4, 0.5) is 0 Å². The van der Waals surface area contributed by atoms with E-state index < -0.39 is 0 Å². The number of hydrogen-bond acceptors (Lipinski definition) is 3. The van der Waals surface area contributed by atoms with Gasteiger partial charge in [-0.15, -0.1) is 0 Å². The summed E-state index contributed by atoms with van der Waals surface area (Å²) in [5.74, 6) is 0. The van der Waals surface area contributed by atoms with Crippen LogP contribution < -0.4 is 5.73 Å². The molecule has 2 fully saturated rings. The van der Waals surface area contributed by atoms with Crippen LogP contribution in [-0.4, -0.2) is 48.6 Å². The summed E-state index contributed by atoms with van der Waals surface area (Å²) in [4.78, 5) is 5.34. The molecule has 2 aliphatic heterocycles. The Labute approximate surface area is 129 Å². The highest BCUT2D eigenvalue weighted by atomic mass is 15.3. The minimum atomic E-state index is 0.175. The van der Waals surface area contributed by atoms with Crippen molar-refractivity contribution in [3.05, 3.63) is 35.4 Å². The molecule has 2 unspecified atom stereocenters. The molecule has 3 nitrogen and oxygen atoms in total. The molecule has 0 aromatic heterocycles. The summed E-state index contributed by atoms with van der Waals surface area (Å²) in [5.41, 5.74) is 8.95. The van der Waals surface area contributed by atoms with E-state index in [0.29, 0.717) is 0 Å². The SMILES string of the molecule is Cc1ccc(C(N)CCN2CCCN3CCCC3C2)cc1. The Morgan fingerprint density at radius 2 is 1.90 bits per heavy atom. The Morgan fingerprint density at radius 1 is 1.14 bits per heavy atom. The topological polar surface area (TPSA) is 32.5 Å². The molecule has 1 aromatic carbocycles. The fraction of sp³-hybridized carbons (Fsp3) is 0.667. The molecule has 21 heavy (non-hydrogen) atoms. The Morgan fingerprint density at radius 3 is 2.71 bits per heavy atom. The molecule has 0 saturated carbocycles. The lowest BCUT2D eigenvalue weighted by Gasteiger charge is -2.26. The van der Waals surface area contributed by atoms with Crippen LogP contribution in [-0.2, 0) is 0 Å². The minimum Gasteiger partial charge on any atom is -0.324 e. The quantitative estimate of drug-likeness (QED) is 0.924. The third-order valence-corrected chi connectivity index (χ3v) is 5.15. The number of nitrogens with two attached hydrogens (primary N) is 1. The van der Waals surface area contributed by atoms with Crippen LogP contribution in [0.5, 0.6) is 0 Å². The van der Waals surface area contributed by atoms with Crippen molar-refractivity contribution < 1.29 is 0 Å². The second kappa shape index (κ2) is 6.91. The van der Waals surface area contributed by atoms with Crippen LogP contribution in [0.15, 0.2) is 24.3 Å². The van der Waals surface area contributed by atoms with Gasteiger partial charge >= 0.3 is 0 Å². The fourth-order valence-electron chi connectivity index (χ4n) is 3.79. The highest BCUT2D eigenvalue weighted by Crippen LogP contribution is 2.22. The molecule has 2 aliphatic rings. The monoisotopic (exact) mass is 287 g/mol. The van der Waals surface area contributed by atoms with Gasteiger partial charge in [0.2, 0.25) is 0 Å². The number of benzene rings is 1. The van der Waals surface area contributed by atoms with Crippen LogP contribution in [0, 0.1) is 6.92 Å². The summed E-state index contributed by atoms with van der Waals surface area (Å²) in [7, 11) is 0. The van der Waals surface area contributed by atoms with Crippen molar-refractivity contribution in [3.63, 3.8) is 0 Å². The molecule has 3 rings (SSSR count). The average Bonchev–Trinajstić information content (AvgIpc) is 2.83. The zero-order valence-electron chi connectivity index (χ0n) is 13.3. The Hall–Kier alpha value is -0.900. The van der Waals surface area contributed by atoms with Crippen molar-refractivity contribution in [2.75, 3.05) is 32.7 Å². The zero-order chi connectivity index (χ0) is 14.7. The Balaban J connectivity index is 1.50. The van der Waals surface area contributed by atoms with E-state index >= 15 is 0 Å². The number of fused-ring (bicyclic) bond motifs is 1. The maximum atomic E-state index is 6.37. The summed E-state index contributed by atoms with van der Waals surface area (Å²) in [6.45, 7) is 8.38. The van der Waals surface area contributed by atoms with E-state index in [9.17, 15) is 0 Å². The van der Waals surface area contributed by atoms with Crippen LogP contribution in [0.2, 0.25) is 0 Å². The second-order valence-electron chi connectivity index (χ2n) is 6.79. The summed E-state index contributed by atoms with van der Waals surface area (Å²) >= 11 is 0. The van der Waals surface area contributed by atoms with E-state index in [1.165, 1.54) is 56.6 Å². The van der Waals surface area contributed by atoms with Gasteiger partial charge in [-0.1, -0.05) is 29.8 Å². The van der Waals surface area contributed by atoms with Gasteiger partial charge in [0.25, 0.3) is 0 Å². The summed E-state index contributed by atoms with van der Waals surface area (Å²) in [6, 6.07) is 9.67. The zero-order valence-corrected chi connectivity index (χ0v) is 13.3. The first-order valence-electron chi connectivity index (χ1n) is 8.51. The van der Waals surface area contributed by atoms with Crippen molar-refractivity contribution in [1.29, 1.82) is 0 Å². The first kappa shape index (κ1) is 15.0. The maximum Gasteiger partial charge on any atom is 0.0307 e. The lowest BCUT2D eigenvalue weighted by atomic mass is 10.0. The highest BCUT2D eigenvalue weighted by molar-refractivity contribution is 5.23. The van der Waals surface area contributed by atoms with Gasteiger partial charge < -0.3 is 10.6 Å². The van der Waals surface area contributed by atoms with Gasteiger partial charge in [0.1, 0.15) is 0 Å². The molecule has 0 spiro atoms. The third kappa shape index (κ3) is 3.85. The van der Waals surface area contributed by atoms with Gasteiger partial charge in [0, 0.05) is 25.2 Å². The molecule has 116 valence electrons. The normalized spacial score (nSPS) is 25.5. The molecule has 2 saturated heterocycles. The number of nitrogens with zero attached hydrogens (tertiary/aromatic N) is 2. The van der Waals surface area contributed by atoms with Crippen molar-refractivity contribution in [1.82, 2.24) is 9.80 Å². The van der Waals surface area contributed by atoms with Gasteiger partial charge in [-0.3, -0.25) is 4.90 Å². The van der Waals surface area contributed by atoms with Gasteiger partial charge in [-0.25, -0.2) is 0 Å². The summed E-state index contributed by atoms with van der Waals surface area (Å²) in [5, 5.41) is 0. The van der Waals surface area contributed by atoms with Gasteiger partial charge in [0.15, 0.2) is 0 Å². The molecule has 2 atom stereocenters. The lowest BCUT2D eigenvalue weighted by molar-refractivity contribution is 0.216. The second-order valence-corrected chi connectivity index (χ2v) is 6.79. The Bertz CT molecular complexity index is 442. The number of aryl methyl sites for hydroxylation is 1. The van der Waals surface area contributed by atoms with Crippen molar-refractivity contribution in [2.24, 2.45) is 5.73 Å². The first-order valence-corrected chi connectivity index (χ1v) is 8.51. The van der Waals surface area contributed by atoms with E-state index in [4.69, 9.17) is 5.73 Å². The van der Waals surface area contributed by atoms with E-state index in [0.717, 1.165) is 19.0 Å². The largest absolute Gasteiger partial charge is 0.324 e. The van der Waals surface area contributed by atoms with Gasteiger partial charge in [-0.2, -0.15) is 0 Å². The predicted molar refractivity (Wildman–Crippen MR) is 88.4 cm³/mol. The minimum absolute atomic E-state index is 0.175. The smallest absolute Gasteiger partial charge is 0.0307 e. The number of hydrogen-bond donors (Lipinski definition) is 1. The van der Waals surface area contributed by atoms with E-state index in [-0.39, 0.29) is 6.04 Å². The van der Waals surface area contributed by atoms with E-state index in [1.54, 1.807) is 0 Å². The first-order chi connectivity index (χ1) is 10.2. The van der Waals surface area contributed by atoms with E-state index in [2.05, 4.69) is 41.0 Å². The molecule has 0 aliphatic carbocycles. The molecular formula is C18H29N3. The van der Waals surface area contributed by atoms with Crippen LogP contribution >= 0.6 is 0 Å². The third-order valence-electron chi connectivity index (χ3n) is 5.15. The van der Waals surface area contributed by atoms with Crippen LogP contribution in [0.1, 0.15) is 42.9 Å². The lowest BCUT2D eigenvalue weighted by Crippen LogP contribution is -2.37. The predicted octanol–water partition coefficient (Wildman–Crippen LogP) is 2.56. The van der Waals surface area contributed by atoms with Crippen LogP contribution in [0.25, 0.3) is 0 Å². The fourth-order valence-corrected chi connectivity index (χ4v) is 3.79. The molecule has 2 heterocycles. The van der Waals surface area contributed by atoms with Crippen molar-refractivity contribution >= 4 is 0 Å². The van der Waals surface area contributed by atoms with Crippen LogP contribution in [0.3, 0.4) is 0 Å². The molecule has 0 amide bonds. The molecule has 0 bridgehead atoms. The Kier molecular flexibility index (Phi) is 4.94. The van der Waals surface area contributed by atoms with Crippen molar-refractivity contribution in [3.8, 4) is 0 Å². The van der Waals surface area contributed by atoms with Crippen molar-refractivity contribution in [2.45, 2.75) is 44.7 Å². The maximum absolute atomic E-state index is 6.37. The van der Waals surface area contributed by atoms with Gasteiger partial charge in [-0.05, 0) is 57.8 Å². The summed E-state index contributed by atoms with van der Waals surface area (Å²) in [6.07, 6.45) is 5.16. The highest BCUT2D eigenvalue weighted by Gasteiger charge is 2.28.